The van der Waals surface area contributed by atoms with Crippen LogP contribution in [0.25, 0.3) is 0 Å². The van der Waals surface area contributed by atoms with Gasteiger partial charge in [-0.15, -0.1) is 11.3 Å². The molecule has 17 heavy (non-hydrogen) atoms. The molecule has 0 saturated heterocycles. The van der Waals surface area contributed by atoms with Gasteiger partial charge < -0.3 is 5.11 Å². The molecule has 1 aliphatic rings. The number of nitrogens with zero attached hydrogens (tertiary/aromatic N) is 1. The molecule has 0 aliphatic heterocycles. The molecular formula is C12H17NO2S2. The highest BCUT2D eigenvalue weighted by Crippen LogP contribution is 2.51. The average molecular weight is 271 g/mol. The number of thiazole rings is 1. The van der Waals surface area contributed by atoms with Crippen molar-refractivity contribution in [3.05, 3.63) is 16.1 Å². The number of aromatic nitrogens is 1. The summed E-state index contributed by atoms with van der Waals surface area (Å²) in [4.78, 5) is 15.2. The van der Waals surface area contributed by atoms with E-state index in [2.05, 4.69) is 17.3 Å². The lowest BCUT2D eigenvalue weighted by Gasteiger charge is -2.10. The van der Waals surface area contributed by atoms with Crippen LogP contribution in [-0.2, 0) is 17.0 Å². The Morgan fingerprint density at radius 1 is 1.65 bits per heavy atom. The van der Waals surface area contributed by atoms with E-state index < -0.39 is 5.97 Å². The SMILES string of the molecule is CCc1nc(CSCC2(CC(=O)O)CC2)cs1. The van der Waals surface area contributed by atoms with E-state index in [-0.39, 0.29) is 5.41 Å². The molecule has 1 aromatic heterocycles. The van der Waals surface area contributed by atoms with E-state index in [4.69, 9.17) is 5.11 Å². The van der Waals surface area contributed by atoms with Gasteiger partial charge in [0.1, 0.15) is 0 Å². The summed E-state index contributed by atoms with van der Waals surface area (Å²) < 4.78 is 0. The van der Waals surface area contributed by atoms with Crippen molar-refractivity contribution in [3.8, 4) is 0 Å². The number of carboxylic acid groups (broad SMARTS) is 1. The zero-order valence-corrected chi connectivity index (χ0v) is 11.6. The summed E-state index contributed by atoms with van der Waals surface area (Å²) in [6.45, 7) is 2.11. The van der Waals surface area contributed by atoms with Gasteiger partial charge in [0.05, 0.1) is 17.1 Å². The first kappa shape index (κ1) is 12.9. The van der Waals surface area contributed by atoms with Crippen molar-refractivity contribution < 1.29 is 9.90 Å². The van der Waals surface area contributed by atoms with E-state index in [1.165, 1.54) is 5.01 Å². The lowest BCUT2D eigenvalue weighted by Crippen LogP contribution is -2.11. The number of carbonyl (C=O) groups is 1. The zero-order chi connectivity index (χ0) is 12.3. The van der Waals surface area contributed by atoms with Crippen molar-refractivity contribution in [2.75, 3.05) is 5.75 Å². The van der Waals surface area contributed by atoms with Crippen molar-refractivity contribution in [2.24, 2.45) is 5.41 Å². The van der Waals surface area contributed by atoms with Gasteiger partial charge in [0, 0.05) is 11.1 Å². The number of aryl methyl sites for hydroxylation is 1. The van der Waals surface area contributed by atoms with Crippen LogP contribution >= 0.6 is 23.1 Å². The summed E-state index contributed by atoms with van der Waals surface area (Å²) in [6.07, 6.45) is 3.47. The molecule has 1 heterocycles. The van der Waals surface area contributed by atoms with Gasteiger partial charge in [0.25, 0.3) is 0 Å². The molecule has 1 aromatic rings. The smallest absolute Gasteiger partial charge is 0.303 e. The van der Waals surface area contributed by atoms with E-state index in [1.54, 1.807) is 11.3 Å². The highest BCUT2D eigenvalue weighted by atomic mass is 32.2. The van der Waals surface area contributed by atoms with Crippen LogP contribution in [0.3, 0.4) is 0 Å². The minimum Gasteiger partial charge on any atom is -0.481 e. The molecule has 1 N–H and O–H groups in total. The van der Waals surface area contributed by atoms with Crippen LogP contribution in [0.5, 0.6) is 0 Å². The first-order valence-electron chi connectivity index (χ1n) is 5.86. The molecule has 1 fully saturated rings. The third-order valence-electron chi connectivity index (χ3n) is 3.04. The fourth-order valence-electron chi connectivity index (χ4n) is 1.82. The van der Waals surface area contributed by atoms with Crippen LogP contribution in [0.2, 0.25) is 0 Å². The van der Waals surface area contributed by atoms with Crippen LogP contribution in [0.1, 0.15) is 36.9 Å². The Morgan fingerprint density at radius 2 is 2.41 bits per heavy atom. The Balaban J connectivity index is 1.74. The maximum atomic E-state index is 10.7. The predicted octanol–water partition coefficient (Wildman–Crippen LogP) is 3.19. The molecule has 1 saturated carbocycles. The van der Waals surface area contributed by atoms with Gasteiger partial charge in [-0.2, -0.15) is 11.8 Å². The first-order chi connectivity index (χ1) is 8.13. The standard InChI is InChI=1S/C12H17NO2S2/c1-2-10-13-9(7-17-10)6-16-8-12(3-4-12)5-11(14)15/h7H,2-6,8H2,1H3,(H,14,15). The zero-order valence-electron chi connectivity index (χ0n) is 9.94. The molecule has 0 atom stereocenters. The summed E-state index contributed by atoms with van der Waals surface area (Å²) in [5.74, 6) is 1.21. The molecule has 3 nitrogen and oxygen atoms in total. The maximum absolute atomic E-state index is 10.7. The molecule has 94 valence electrons. The van der Waals surface area contributed by atoms with Crippen molar-refractivity contribution >= 4 is 29.1 Å². The topological polar surface area (TPSA) is 50.2 Å². The molecule has 0 radical (unpaired) electrons. The normalized spacial score (nSPS) is 17.0. The second-order valence-corrected chi connectivity index (χ2v) is 6.58. The van der Waals surface area contributed by atoms with Gasteiger partial charge in [-0.1, -0.05) is 6.92 Å². The average Bonchev–Trinajstić information content (AvgIpc) is 2.87. The van der Waals surface area contributed by atoms with Crippen molar-refractivity contribution in [3.63, 3.8) is 0 Å². The van der Waals surface area contributed by atoms with E-state index in [0.717, 1.165) is 36.5 Å². The molecule has 2 rings (SSSR count). The van der Waals surface area contributed by atoms with Crippen molar-refractivity contribution in [2.45, 2.75) is 38.4 Å². The van der Waals surface area contributed by atoms with Gasteiger partial charge in [-0.05, 0) is 30.4 Å². The van der Waals surface area contributed by atoms with Crippen LogP contribution in [-0.4, -0.2) is 21.8 Å². The third-order valence-corrected chi connectivity index (χ3v) is 5.40. The number of hydrogen-bond acceptors (Lipinski definition) is 4. The van der Waals surface area contributed by atoms with Crippen molar-refractivity contribution in [1.29, 1.82) is 0 Å². The van der Waals surface area contributed by atoms with Crippen LogP contribution in [0.15, 0.2) is 5.38 Å². The lowest BCUT2D eigenvalue weighted by atomic mass is 10.1. The fourth-order valence-corrected chi connectivity index (χ4v) is 3.95. The van der Waals surface area contributed by atoms with Gasteiger partial charge in [-0.25, -0.2) is 4.98 Å². The second kappa shape index (κ2) is 5.40. The van der Waals surface area contributed by atoms with Crippen LogP contribution < -0.4 is 0 Å². The van der Waals surface area contributed by atoms with E-state index >= 15 is 0 Å². The quantitative estimate of drug-likeness (QED) is 0.827. The van der Waals surface area contributed by atoms with E-state index in [9.17, 15) is 4.79 Å². The summed E-state index contributed by atoms with van der Waals surface area (Å²) in [5, 5.41) is 12.1. The Labute approximate surface area is 110 Å². The molecule has 0 unspecified atom stereocenters. The number of hydrogen-bond donors (Lipinski definition) is 1. The minimum absolute atomic E-state index is 0.0973. The molecule has 0 aromatic carbocycles. The number of aliphatic carboxylic acids is 1. The molecule has 0 bridgehead atoms. The third kappa shape index (κ3) is 3.71. The monoisotopic (exact) mass is 271 g/mol. The lowest BCUT2D eigenvalue weighted by molar-refractivity contribution is -0.138. The highest BCUT2D eigenvalue weighted by molar-refractivity contribution is 7.98. The Bertz CT molecular complexity index is 399. The largest absolute Gasteiger partial charge is 0.481 e. The van der Waals surface area contributed by atoms with Gasteiger partial charge in [-0.3, -0.25) is 4.79 Å². The fraction of sp³-hybridized carbons (Fsp3) is 0.667. The second-order valence-electron chi connectivity index (χ2n) is 4.65. The Hall–Kier alpha value is -0.550. The van der Waals surface area contributed by atoms with Gasteiger partial charge in [0.15, 0.2) is 0 Å². The summed E-state index contributed by atoms with van der Waals surface area (Å²) in [7, 11) is 0. The summed E-state index contributed by atoms with van der Waals surface area (Å²) in [5.41, 5.74) is 1.24. The van der Waals surface area contributed by atoms with Gasteiger partial charge in [0.2, 0.25) is 0 Å². The number of rotatable bonds is 7. The summed E-state index contributed by atoms with van der Waals surface area (Å²) in [6, 6.07) is 0. The minimum atomic E-state index is -0.662. The Kier molecular flexibility index (Phi) is 4.09. The predicted molar refractivity (Wildman–Crippen MR) is 71.6 cm³/mol. The first-order valence-corrected chi connectivity index (χ1v) is 7.90. The number of thioether (sulfide) groups is 1. The summed E-state index contributed by atoms with van der Waals surface area (Å²) >= 11 is 3.54. The van der Waals surface area contributed by atoms with E-state index in [1.807, 2.05) is 11.8 Å². The maximum Gasteiger partial charge on any atom is 0.303 e. The van der Waals surface area contributed by atoms with Gasteiger partial charge >= 0.3 is 5.97 Å². The van der Waals surface area contributed by atoms with Crippen LogP contribution in [0.4, 0.5) is 0 Å². The Morgan fingerprint density at radius 3 is 2.94 bits per heavy atom. The molecule has 0 amide bonds. The molecule has 1 aliphatic carbocycles. The highest BCUT2D eigenvalue weighted by Gasteiger charge is 2.44. The van der Waals surface area contributed by atoms with Crippen LogP contribution in [0, 0.1) is 5.41 Å². The van der Waals surface area contributed by atoms with E-state index in [0.29, 0.717) is 6.42 Å². The molecule has 5 heteroatoms. The molecule has 0 spiro atoms. The molecular weight excluding hydrogens is 254 g/mol. The van der Waals surface area contributed by atoms with Crippen molar-refractivity contribution in [1.82, 2.24) is 4.98 Å². The number of carboxylic acids is 1.